The highest BCUT2D eigenvalue weighted by atomic mass is 32.2. The van der Waals surface area contributed by atoms with E-state index >= 15 is 0 Å². The second-order valence-corrected chi connectivity index (χ2v) is 12.7. The molecule has 5 rings (SSSR count). The zero-order valence-corrected chi connectivity index (χ0v) is 24.4. The molecule has 2 aliphatic rings. The predicted octanol–water partition coefficient (Wildman–Crippen LogP) is 6.20. The van der Waals surface area contributed by atoms with Crippen molar-refractivity contribution in [3.8, 4) is 0 Å². The molecular weight excluding hydrogens is 536 g/mol. The number of benzene rings is 3. The van der Waals surface area contributed by atoms with Crippen LogP contribution in [0.4, 0.5) is 5.69 Å². The van der Waals surface area contributed by atoms with Crippen LogP contribution in [0.15, 0.2) is 96.4 Å². The van der Waals surface area contributed by atoms with E-state index in [4.69, 9.17) is 9.47 Å². The van der Waals surface area contributed by atoms with Gasteiger partial charge in [-0.15, -0.1) is 6.58 Å². The highest BCUT2D eigenvalue weighted by Crippen LogP contribution is 2.42. The summed E-state index contributed by atoms with van der Waals surface area (Å²) in [6, 6.07) is 23.9. The molecule has 8 heteroatoms. The van der Waals surface area contributed by atoms with E-state index in [1.54, 1.807) is 42.5 Å². The minimum atomic E-state index is -3.69. The van der Waals surface area contributed by atoms with Crippen LogP contribution in [0, 0.1) is 5.92 Å². The fourth-order valence-corrected chi connectivity index (χ4v) is 6.97. The number of sulfonamides is 1. The molecule has 1 aliphatic heterocycles. The smallest absolute Gasteiger partial charge is 0.261 e. The van der Waals surface area contributed by atoms with E-state index in [-0.39, 0.29) is 29.6 Å². The molecule has 218 valence electrons. The molecule has 2 fully saturated rings. The van der Waals surface area contributed by atoms with Crippen LogP contribution in [0.3, 0.4) is 0 Å². The van der Waals surface area contributed by atoms with Gasteiger partial charge in [0.05, 0.1) is 23.7 Å². The molecule has 41 heavy (non-hydrogen) atoms. The Balaban J connectivity index is 1.38. The lowest BCUT2D eigenvalue weighted by molar-refractivity contribution is -0.276. The molecule has 0 bridgehead atoms. The van der Waals surface area contributed by atoms with E-state index in [1.165, 1.54) is 25.7 Å². The van der Waals surface area contributed by atoms with Gasteiger partial charge in [0, 0.05) is 36.3 Å². The Kier molecular flexibility index (Phi) is 9.57. The normalized spacial score (nSPS) is 23.5. The quantitative estimate of drug-likeness (QED) is 0.264. The molecule has 1 aliphatic carbocycles. The monoisotopic (exact) mass is 576 g/mol. The Morgan fingerprint density at radius 1 is 0.951 bits per heavy atom. The summed E-state index contributed by atoms with van der Waals surface area (Å²) < 4.78 is 41.5. The van der Waals surface area contributed by atoms with Crippen molar-refractivity contribution in [3.63, 3.8) is 0 Å². The Morgan fingerprint density at radius 2 is 1.61 bits per heavy atom. The minimum absolute atomic E-state index is 0.00596. The maximum absolute atomic E-state index is 12.8. The first-order chi connectivity index (χ1) is 19.9. The van der Waals surface area contributed by atoms with Gasteiger partial charge in [0.2, 0.25) is 0 Å². The first-order valence-corrected chi connectivity index (χ1v) is 15.9. The van der Waals surface area contributed by atoms with Crippen molar-refractivity contribution in [2.75, 3.05) is 17.8 Å². The third kappa shape index (κ3) is 7.08. The number of hydrogen-bond acceptors (Lipinski definition) is 6. The molecule has 0 aromatic heterocycles. The standard InChI is InChI=1S/C33H40N2O5S/c1-3-21-35(29-9-7-8-10-29)22-31-24(2)32(26-15-13-25(23-36)14-16-26)40-33(39-31)27-17-19-28(20-18-27)34-41(37,38)30-11-5-4-6-12-30/h3-6,11-20,24,29,31-34,36H,1,7-10,21-23H2,2H3/t24-,31+,32+,33+/m1/s1. The number of hydrogen-bond donors (Lipinski definition) is 2. The van der Waals surface area contributed by atoms with Gasteiger partial charge in [-0.05, 0) is 48.2 Å². The van der Waals surface area contributed by atoms with E-state index in [0.717, 1.165) is 29.8 Å². The van der Waals surface area contributed by atoms with Gasteiger partial charge in [-0.2, -0.15) is 0 Å². The number of nitrogens with zero attached hydrogens (tertiary/aromatic N) is 1. The fraction of sp³-hybridized carbons (Fsp3) is 0.394. The molecular formula is C33H40N2O5S. The number of rotatable bonds is 11. The Bertz CT molecular complexity index is 1370. The van der Waals surface area contributed by atoms with Crippen LogP contribution in [0.1, 0.15) is 61.7 Å². The molecule has 1 heterocycles. The second-order valence-electron chi connectivity index (χ2n) is 11.0. The second kappa shape index (κ2) is 13.3. The van der Waals surface area contributed by atoms with E-state index in [9.17, 15) is 13.5 Å². The van der Waals surface area contributed by atoms with Gasteiger partial charge in [-0.1, -0.05) is 80.4 Å². The average molecular weight is 577 g/mol. The number of anilines is 1. The number of nitrogens with one attached hydrogen (secondary N) is 1. The van der Waals surface area contributed by atoms with Crippen LogP contribution in [0.2, 0.25) is 0 Å². The van der Waals surface area contributed by atoms with Crippen LogP contribution in [0.5, 0.6) is 0 Å². The molecule has 3 aromatic rings. The van der Waals surface area contributed by atoms with Crippen molar-refractivity contribution >= 4 is 15.7 Å². The van der Waals surface area contributed by atoms with Crippen molar-refractivity contribution in [3.05, 3.63) is 108 Å². The Hall–Kier alpha value is -3.01. The van der Waals surface area contributed by atoms with Crippen molar-refractivity contribution in [1.82, 2.24) is 4.90 Å². The SMILES string of the molecule is C=CCN(C[C@@H]1O[C@H](c2ccc(NS(=O)(=O)c3ccccc3)cc2)O[C@H](c2ccc(CO)cc2)[C@@H]1C)C1CCCC1. The Morgan fingerprint density at radius 3 is 2.24 bits per heavy atom. The summed E-state index contributed by atoms with van der Waals surface area (Å²) in [5, 5.41) is 9.53. The van der Waals surface area contributed by atoms with Crippen LogP contribution < -0.4 is 4.72 Å². The van der Waals surface area contributed by atoms with Crippen molar-refractivity contribution in [2.24, 2.45) is 5.92 Å². The third-order valence-corrected chi connectivity index (χ3v) is 9.63. The highest BCUT2D eigenvalue weighted by Gasteiger charge is 2.40. The summed E-state index contributed by atoms with van der Waals surface area (Å²) >= 11 is 0. The van der Waals surface area contributed by atoms with Gasteiger partial charge in [0.1, 0.15) is 0 Å². The molecule has 4 atom stereocenters. The highest BCUT2D eigenvalue weighted by molar-refractivity contribution is 7.92. The number of aliphatic hydroxyl groups excluding tert-OH is 1. The predicted molar refractivity (Wildman–Crippen MR) is 161 cm³/mol. The summed E-state index contributed by atoms with van der Waals surface area (Å²) in [5.74, 6) is 0.0805. The number of ether oxygens (including phenoxy) is 2. The van der Waals surface area contributed by atoms with Crippen molar-refractivity contribution in [1.29, 1.82) is 0 Å². The molecule has 0 spiro atoms. The van der Waals surface area contributed by atoms with Crippen molar-refractivity contribution < 1.29 is 23.0 Å². The molecule has 1 saturated heterocycles. The molecule has 7 nitrogen and oxygen atoms in total. The van der Waals surface area contributed by atoms with Gasteiger partial charge >= 0.3 is 0 Å². The maximum atomic E-state index is 12.8. The molecule has 0 unspecified atom stereocenters. The van der Waals surface area contributed by atoms with Gasteiger partial charge in [0.15, 0.2) is 6.29 Å². The topological polar surface area (TPSA) is 88.1 Å². The molecule has 1 saturated carbocycles. The zero-order valence-electron chi connectivity index (χ0n) is 23.6. The van der Waals surface area contributed by atoms with E-state index < -0.39 is 16.3 Å². The molecule has 2 N–H and O–H groups in total. The van der Waals surface area contributed by atoms with Crippen molar-refractivity contribution in [2.45, 2.75) is 68.6 Å². The molecule has 3 aromatic carbocycles. The first kappa shape index (κ1) is 29.5. The van der Waals surface area contributed by atoms with Gasteiger partial charge in [0.25, 0.3) is 10.0 Å². The van der Waals surface area contributed by atoms with Crippen LogP contribution >= 0.6 is 0 Å². The summed E-state index contributed by atoms with van der Waals surface area (Å²) in [7, 11) is -3.69. The van der Waals surface area contributed by atoms with Crippen LogP contribution in [-0.4, -0.2) is 43.7 Å². The van der Waals surface area contributed by atoms with Gasteiger partial charge in [-0.3, -0.25) is 9.62 Å². The van der Waals surface area contributed by atoms with E-state index in [2.05, 4.69) is 23.1 Å². The van der Waals surface area contributed by atoms with Gasteiger partial charge in [-0.25, -0.2) is 8.42 Å². The lowest BCUT2D eigenvalue weighted by Gasteiger charge is -2.43. The summed E-state index contributed by atoms with van der Waals surface area (Å²) in [5.41, 5.74) is 3.18. The first-order valence-electron chi connectivity index (χ1n) is 14.4. The molecule has 0 amide bonds. The lowest BCUT2D eigenvalue weighted by Crippen LogP contribution is -2.47. The van der Waals surface area contributed by atoms with E-state index in [0.29, 0.717) is 11.7 Å². The lowest BCUT2D eigenvalue weighted by atomic mass is 9.89. The van der Waals surface area contributed by atoms with Crippen LogP contribution in [0.25, 0.3) is 0 Å². The fourth-order valence-electron chi connectivity index (χ4n) is 5.89. The number of aliphatic hydroxyl groups is 1. The molecule has 0 radical (unpaired) electrons. The maximum Gasteiger partial charge on any atom is 0.261 e. The average Bonchev–Trinajstić information content (AvgIpc) is 3.54. The van der Waals surface area contributed by atoms with Crippen LogP contribution in [-0.2, 0) is 26.1 Å². The Labute approximate surface area is 243 Å². The largest absolute Gasteiger partial charge is 0.392 e. The summed E-state index contributed by atoms with van der Waals surface area (Å²) in [4.78, 5) is 2.71. The zero-order chi connectivity index (χ0) is 28.8. The van der Waals surface area contributed by atoms with E-state index in [1.807, 2.05) is 42.5 Å². The van der Waals surface area contributed by atoms with Gasteiger partial charge < -0.3 is 14.6 Å². The third-order valence-electron chi connectivity index (χ3n) is 8.23. The summed E-state index contributed by atoms with van der Waals surface area (Å²) in [6.45, 7) is 7.76. The summed E-state index contributed by atoms with van der Waals surface area (Å²) in [6.07, 6.45) is 5.96. The minimum Gasteiger partial charge on any atom is -0.392 e.